The molecule has 2 amide bonds. The molecule has 2 rings (SSSR count). The van der Waals surface area contributed by atoms with Crippen molar-refractivity contribution in [3.63, 3.8) is 0 Å². The first kappa shape index (κ1) is 16.4. The summed E-state index contributed by atoms with van der Waals surface area (Å²) in [6, 6.07) is 11.3. The van der Waals surface area contributed by atoms with E-state index in [0.717, 1.165) is 5.56 Å². The molecule has 0 spiro atoms. The predicted octanol–water partition coefficient (Wildman–Crippen LogP) is 2.27. The van der Waals surface area contributed by atoms with Gasteiger partial charge < -0.3 is 10.2 Å². The lowest BCUT2D eigenvalue weighted by molar-refractivity contribution is 0.0784. The molecular weight excluding hydrogens is 290 g/mol. The second-order valence-electron chi connectivity index (χ2n) is 5.11. The summed E-state index contributed by atoms with van der Waals surface area (Å²) in [5, 5.41) is 2.66. The van der Waals surface area contributed by atoms with Gasteiger partial charge in [0.1, 0.15) is 0 Å². The van der Waals surface area contributed by atoms with Crippen LogP contribution in [0.25, 0.3) is 0 Å². The number of rotatable bonds is 6. The molecule has 5 heteroatoms. The standard InChI is InChI=1S/C18H19N3O2/c1-3-9-20-17(22)15-10-16(12-19-11-15)18(23)21(2)13-14-7-5-4-6-8-14/h3-8,10-12H,1,9,13H2,2H3,(H,20,22). The van der Waals surface area contributed by atoms with Crippen LogP contribution in [-0.4, -0.2) is 35.3 Å². The van der Waals surface area contributed by atoms with E-state index in [1.54, 1.807) is 24.1 Å². The third kappa shape index (κ3) is 4.51. The van der Waals surface area contributed by atoms with Gasteiger partial charge in [-0.15, -0.1) is 6.58 Å². The van der Waals surface area contributed by atoms with E-state index in [9.17, 15) is 9.59 Å². The van der Waals surface area contributed by atoms with Crippen LogP contribution in [0.5, 0.6) is 0 Å². The fraction of sp³-hybridized carbons (Fsp3) is 0.167. The molecule has 0 unspecified atom stereocenters. The summed E-state index contributed by atoms with van der Waals surface area (Å²) in [6.45, 7) is 4.40. The number of hydrogen-bond acceptors (Lipinski definition) is 3. The van der Waals surface area contributed by atoms with E-state index in [1.165, 1.54) is 12.4 Å². The Bertz CT molecular complexity index is 698. The molecule has 0 aliphatic carbocycles. The Balaban J connectivity index is 2.09. The zero-order valence-electron chi connectivity index (χ0n) is 13.0. The summed E-state index contributed by atoms with van der Waals surface area (Å²) < 4.78 is 0. The van der Waals surface area contributed by atoms with Gasteiger partial charge in [0, 0.05) is 32.5 Å². The van der Waals surface area contributed by atoms with Gasteiger partial charge in [-0.3, -0.25) is 14.6 Å². The molecule has 0 radical (unpaired) electrons. The van der Waals surface area contributed by atoms with Crippen LogP contribution in [0.2, 0.25) is 0 Å². The molecule has 0 bridgehead atoms. The zero-order valence-corrected chi connectivity index (χ0v) is 13.0. The van der Waals surface area contributed by atoms with E-state index in [2.05, 4.69) is 16.9 Å². The fourth-order valence-corrected chi connectivity index (χ4v) is 2.10. The molecule has 1 heterocycles. The Labute approximate surface area is 135 Å². The van der Waals surface area contributed by atoms with Gasteiger partial charge in [-0.05, 0) is 11.6 Å². The number of carbonyl (C=O) groups is 2. The molecule has 1 aromatic carbocycles. The summed E-state index contributed by atoms with van der Waals surface area (Å²) in [5.74, 6) is -0.461. The number of nitrogens with zero attached hydrogens (tertiary/aromatic N) is 2. The van der Waals surface area contributed by atoms with Crippen molar-refractivity contribution in [2.24, 2.45) is 0 Å². The van der Waals surface area contributed by atoms with Crippen molar-refractivity contribution in [3.8, 4) is 0 Å². The Morgan fingerprint density at radius 3 is 2.61 bits per heavy atom. The number of carbonyl (C=O) groups excluding carboxylic acids is 2. The zero-order chi connectivity index (χ0) is 16.7. The Morgan fingerprint density at radius 1 is 1.22 bits per heavy atom. The monoisotopic (exact) mass is 309 g/mol. The van der Waals surface area contributed by atoms with Gasteiger partial charge in [0.2, 0.25) is 0 Å². The highest BCUT2D eigenvalue weighted by atomic mass is 16.2. The number of aromatic nitrogens is 1. The summed E-state index contributed by atoms with van der Waals surface area (Å²) in [6.07, 6.45) is 4.49. The average molecular weight is 309 g/mol. The van der Waals surface area contributed by atoms with Crippen molar-refractivity contribution in [2.45, 2.75) is 6.54 Å². The molecular formula is C18H19N3O2. The molecule has 1 aromatic heterocycles. The number of pyridine rings is 1. The number of hydrogen-bond donors (Lipinski definition) is 1. The van der Waals surface area contributed by atoms with Crippen LogP contribution in [0.15, 0.2) is 61.4 Å². The van der Waals surface area contributed by atoms with Crippen LogP contribution in [0, 0.1) is 0 Å². The smallest absolute Gasteiger partial charge is 0.255 e. The van der Waals surface area contributed by atoms with Crippen LogP contribution in [0.3, 0.4) is 0 Å². The molecule has 118 valence electrons. The van der Waals surface area contributed by atoms with Crippen molar-refractivity contribution in [1.29, 1.82) is 0 Å². The minimum atomic E-state index is -0.280. The van der Waals surface area contributed by atoms with Crippen molar-refractivity contribution in [2.75, 3.05) is 13.6 Å². The quantitative estimate of drug-likeness (QED) is 0.833. The van der Waals surface area contributed by atoms with Crippen LogP contribution < -0.4 is 5.32 Å². The van der Waals surface area contributed by atoms with Crippen LogP contribution in [-0.2, 0) is 6.54 Å². The summed E-state index contributed by atoms with van der Waals surface area (Å²) >= 11 is 0. The van der Waals surface area contributed by atoms with E-state index < -0.39 is 0 Å². The predicted molar refractivity (Wildman–Crippen MR) is 89.0 cm³/mol. The minimum Gasteiger partial charge on any atom is -0.349 e. The second-order valence-corrected chi connectivity index (χ2v) is 5.11. The van der Waals surface area contributed by atoms with E-state index in [1.807, 2.05) is 30.3 Å². The van der Waals surface area contributed by atoms with Gasteiger partial charge in [-0.2, -0.15) is 0 Å². The maximum atomic E-state index is 12.5. The molecule has 23 heavy (non-hydrogen) atoms. The van der Waals surface area contributed by atoms with Crippen LogP contribution in [0.4, 0.5) is 0 Å². The highest BCUT2D eigenvalue weighted by molar-refractivity contribution is 5.99. The maximum absolute atomic E-state index is 12.5. The van der Waals surface area contributed by atoms with Crippen molar-refractivity contribution >= 4 is 11.8 Å². The largest absolute Gasteiger partial charge is 0.349 e. The van der Waals surface area contributed by atoms with Crippen molar-refractivity contribution in [3.05, 3.63) is 78.1 Å². The lowest BCUT2D eigenvalue weighted by Crippen LogP contribution is -2.27. The molecule has 1 N–H and O–H groups in total. The fourth-order valence-electron chi connectivity index (χ4n) is 2.10. The number of nitrogens with one attached hydrogen (secondary N) is 1. The molecule has 0 aliphatic heterocycles. The topological polar surface area (TPSA) is 62.3 Å². The van der Waals surface area contributed by atoms with Gasteiger partial charge >= 0.3 is 0 Å². The van der Waals surface area contributed by atoms with Gasteiger partial charge in [-0.25, -0.2) is 0 Å². The third-order valence-corrected chi connectivity index (χ3v) is 3.26. The van der Waals surface area contributed by atoms with E-state index in [-0.39, 0.29) is 11.8 Å². The minimum absolute atomic E-state index is 0.181. The Morgan fingerprint density at radius 2 is 1.91 bits per heavy atom. The van der Waals surface area contributed by atoms with E-state index in [4.69, 9.17) is 0 Å². The summed E-state index contributed by atoms with van der Waals surface area (Å²) in [4.78, 5) is 30.0. The molecule has 0 atom stereocenters. The first-order valence-electron chi connectivity index (χ1n) is 7.25. The highest BCUT2D eigenvalue weighted by Crippen LogP contribution is 2.09. The normalized spacial score (nSPS) is 9.96. The van der Waals surface area contributed by atoms with Gasteiger partial charge in [0.25, 0.3) is 11.8 Å². The van der Waals surface area contributed by atoms with Crippen molar-refractivity contribution in [1.82, 2.24) is 15.2 Å². The lowest BCUT2D eigenvalue weighted by Gasteiger charge is -2.17. The highest BCUT2D eigenvalue weighted by Gasteiger charge is 2.15. The van der Waals surface area contributed by atoms with Crippen LogP contribution >= 0.6 is 0 Å². The summed E-state index contributed by atoms with van der Waals surface area (Å²) in [7, 11) is 1.72. The average Bonchev–Trinajstić information content (AvgIpc) is 2.60. The first-order chi connectivity index (χ1) is 11.1. The lowest BCUT2D eigenvalue weighted by atomic mass is 10.1. The Kier molecular flexibility index (Phi) is 5.63. The SMILES string of the molecule is C=CCNC(=O)c1cncc(C(=O)N(C)Cc2ccccc2)c1. The van der Waals surface area contributed by atoms with E-state index >= 15 is 0 Å². The third-order valence-electron chi connectivity index (χ3n) is 3.26. The number of benzene rings is 1. The summed E-state index contributed by atoms with van der Waals surface area (Å²) in [5.41, 5.74) is 1.77. The van der Waals surface area contributed by atoms with Crippen LogP contribution in [0.1, 0.15) is 26.3 Å². The second kappa shape index (κ2) is 7.89. The molecule has 0 saturated heterocycles. The van der Waals surface area contributed by atoms with Gasteiger partial charge in [0.05, 0.1) is 11.1 Å². The van der Waals surface area contributed by atoms with Gasteiger partial charge in [0.15, 0.2) is 0 Å². The Hall–Kier alpha value is -2.95. The maximum Gasteiger partial charge on any atom is 0.255 e. The molecule has 0 saturated carbocycles. The van der Waals surface area contributed by atoms with Gasteiger partial charge in [-0.1, -0.05) is 36.4 Å². The molecule has 0 fully saturated rings. The molecule has 2 aromatic rings. The number of amides is 2. The van der Waals surface area contributed by atoms with E-state index in [0.29, 0.717) is 24.2 Å². The first-order valence-corrected chi connectivity index (χ1v) is 7.25. The molecule has 5 nitrogen and oxygen atoms in total. The van der Waals surface area contributed by atoms with Crippen molar-refractivity contribution < 1.29 is 9.59 Å². The molecule has 0 aliphatic rings.